The zero-order chi connectivity index (χ0) is 13.1. The Hall–Kier alpha value is -2.10. The highest BCUT2D eigenvalue weighted by atomic mass is 16.3. The number of anilines is 1. The van der Waals surface area contributed by atoms with Crippen molar-refractivity contribution in [3.8, 4) is 0 Å². The van der Waals surface area contributed by atoms with Crippen LogP contribution in [0.25, 0.3) is 0 Å². The van der Waals surface area contributed by atoms with Gasteiger partial charge < -0.3 is 9.73 Å². The summed E-state index contributed by atoms with van der Waals surface area (Å²) in [6, 6.07) is 5.92. The van der Waals surface area contributed by atoms with Gasteiger partial charge in [0.1, 0.15) is 5.76 Å². The van der Waals surface area contributed by atoms with Crippen LogP contribution in [0, 0.1) is 20.8 Å². The quantitative estimate of drug-likeness (QED) is 0.903. The topological polar surface area (TPSA) is 55.1 Å². The van der Waals surface area contributed by atoms with Gasteiger partial charge in [0.15, 0.2) is 6.39 Å². The molecule has 1 aromatic heterocycles. The van der Waals surface area contributed by atoms with Crippen LogP contribution in [0.4, 0.5) is 5.69 Å². The maximum absolute atomic E-state index is 11.9. The number of nitrogens with one attached hydrogen (secondary N) is 1. The molecule has 2 aromatic rings. The minimum absolute atomic E-state index is 0.0905. The van der Waals surface area contributed by atoms with Gasteiger partial charge >= 0.3 is 0 Å². The van der Waals surface area contributed by atoms with Crippen molar-refractivity contribution in [1.29, 1.82) is 0 Å². The van der Waals surface area contributed by atoms with E-state index in [0.29, 0.717) is 5.76 Å². The molecular weight excluding hydrogens is 228 g/mol. The summed E-state index contributed by atoms with van der Waals surface area (Å²) in [4.78, 5) is 15.9. The fourth-order valence-corrected chi connectivity index (χ4v) is 1.84. The first-order chi connectivity index (χ1) is 8.58. The minimum atomic E-state index is -0.0905. The van der Waals surface area contributed by atoms with Crippen molar-refractivity contribution >= 4 is 11.6 Å². The van der Waals surface area contributed by atoms with Crippen molar-refractivity contribution in [3.63, 3.8) is 0 Å². The van der Waals surface area contributed by atoms with E-state index in [1.54, 1.807) is 0 Å². The van der Waals surface area contributed by atoms with E-state index < -0.39 is 0 Å². The van der Waals surface area contributed by atoms with Crippen LogP contribution < -0.4 is 5.32 Å². The van der Waals surface area contributed by atoms with E-state index in [4.69, 9.17) is 4.42 Å². The Labute approximate surface area is 106 Å². The van der Waals surface area contributed by atoms with E-state index in [1.165, 1.54) is 6.39 Å². The van der Waals surface area contributed by atoms with Gasteiger partial charge in [-0.2, -0.15) is 0 Å². The Balaban J connectivity index is 2.10. The molecule has 0 bridgehead atoms. The first kappa shape index (κ1) is 12.4. The van der Waals surface area contributed by atoms with Gasteiger partial charge in [0.25, 0.3) is 0 Å². The number of amides is 1. The minimum Gasteiger partial charge on any atom is -0.448 e. The number of carbonyl (C=O) groups excluding carboxylic acids is 1. The SMILES string of the molecule is Cc1cccc(C)c1NC(=O)Cc1ocnc1C. The van der Waals surface area contributed by atoms with E-state index >= 15 is 0 Å². The van der Waals surface area contributed by atoms with Crippen molar-refractivity contribution < 1.29 is 9.21 Å². The summed E-state index contributed by atoms with van der Waals surface area (Å²) in [6.07, 6.45) is 1.57. The molecule has 4 nitrogen and oxygen atoms in total. The lowest BCUT2D eigenvalue weighted by Crippen LogP contribution is -2.16. The van der Waals surface area contributed by atoms with Crippen molar-refractivity contribution in [2.45, 2.75) is 27.2 Å². The van der Waals surface area contributed by atoms with Crippen LogP contribution >= 0.6 is 0 Å². The molecule has 1 heterocycles. The number of carbonyl (C=O) groups is 1. The number of hydrogen-bond acceptors (Lipinski definition) is 3. The van der Waals surface area contributed by atoms with Crippen molar-refractivity contribution in [1.82, 2.24) is 4.98 Å². The van der Waals surface area contributed by atoms with Crippen LogP contribution in [0.3, 0.4) is 0 Å². The van der Waals surface area contributed by atoms with Gasteiger partial charge in [0.05, 0.1) is 12.1 Å². The molecular formula is C14H16N2O2. The molecule has 4 heteroatoms. The van der Waals surface area contributed by atoms with Crippen molar-refractivity contribution in [3.05, 3.63) is 47.2 Å². The van der Waals surface area contributed by atoms with E-state index in [2.05, 4.69) is 10.3 Å². The smallest absolute Gasteiger partial charge is 0.232 e. The number of hydrogen-bond donors (Lipinski definition) is 1. The second-order valence-corrected chi connectivity index (χ2v) is 4.35. The monoisotopic (exact) mass is 244 g/mol. The highest BCUT2D eigenvalue weighted by Crippen LogP contribution is 2.19. The van der Waals surface area contributed by atoms with Crippen LogP contribution in [0.15, 0.2) is 29.0 Å². The Morgan fingerprint density at radius 2 is 1.94 bits per heavy atom. The van der Waals surface area contributed by atoms with Gasteiger partial charge in [-0.15, -0.1) is 0 Å². The number of aromatic nitrogens is 1. The van der Waals surface area contributed by atoms with Gasteiger partial charge in [0, 0.05) is 5.69 Å². The van der Waals surface area contributed by atoms with Gasteiger partial charge in [-0.1, -0.05) is 18.2 Å². The molecule has 2 rings (SSSR count). The van der Waals surface area contributed by atoms with Gasteiger partial charge in [0.2, 0.25) is 5.91 Å². The number of rotatable bonds is 3. The van der Waals surface area contributed by atoms with Crippen LogP contribution in [0.5, 0.6) is 0 Å². The number of aryl methyl sites for hydroxylation is 3. The molecule has 0 aliphatic rings. The normalized spacial score (nSPS) is 10.4. The first-order valence-corrected chi connectivity index (χ1v) is 5.83. The summed E-state index contributed by atoms with van der Waals surface area (Å²) in [6.45, 7) is 5.77. The Morgan fingerprint density at radius 1 is 1.28 bits per heavy atom. The van der Waals surface area contributed by atoms with E-state index in [9.17, 15) is 4.79 Å². The molecule has 0 aliphatic carbocycles. The Kier molecular flexibility index (Phi) is 3.46. The second kappa shape index (κ2) is 5.04. The van der Waals surface area contributed by atoms with Crippen LogP contribution in [-0.4, -0.2) is 10.9 Å². The van der Waals surface area contributed by atoms with Crippen LogP contribution in [0.1, 0.15) is 22.6 Å². The third-order valence-corrected chi connectivity index (χ3v) is 2.91. The lowest BCUT2D eigenvalue weighted by atomic mass is 10.1. The molecule has 94 valence electrons. The third-order valence-electron chi connectivity index (χ3n) is 2.91. The zero-order valence-electron chi connectivity index (χ0n) is 10.8. The Bertz CT molecular complexity index is 553. The van der Waals surface area contributed by atoms with Gasteiger partial charge in [-0.05, 0) is 31.9 Å². The number of nitrogens with zero attached hydrogens (tertiary/aromatic N) is 1. The summed E-state index contributed by atoms with van der Waals surface area (Å²) in [5.74, 6) is 0.519. The summed E-state index contributed by atoms with van der Waals surface area (Å²) < 4.78 is 5.16. The molecule has 0 unspecified atom stereocenters. The fourth-order valence-electron chi connectivity index (χ4n) is 1.84. The fraction of sp³-hybridized carbons (Fsp3) is 0.286. The molecule has 0 fully saturated rings. The van der Waals surface area contributed by atoms with Crippen molar-refractivity contribution in [2.24, 2.45) is 0 Å². The molecule has 1 aromatic carbocycles. The molecule has 0 saturated heterocycles. The molecule has 1 N–H and O–H groups in total. The van der Waals surface area contributed by atoms with E-state index in [0.717, 1.165) is 22.5 Å². The summed E-state index contributed by atoms with van der Waals surface area (Å²) >= 11 is 0. The van der Waals surface area contributed by atoms with E-state index in [-0.39, 0.29) is 12.3 Å². The lowest BCUT2D eigenvalue weighted by Gasteiger charge is -2.10. The number of para-hydroxylation sites is 1. The largest absolute Gasteiger partial charge is 0.448 e. The predicted octanol–water partition coefficient (Wildman–Crippen LogP) is 2.78. The average Bonchev–Trinajstić information content (AvgIpc) is 2.70. The number of benzene rings is 1. The van der Waals surface area contributed by atoms with E-state index in [1.807, 2.05) is 39.0 Å². The molecule has 0 spiro atoms. The molecule has 18 heavy (non-hydrogen) atoms. The molecule has 1 amide bonds. The van der Waals surface area contributed by atoms with Crippen LogP contribution in [-0.2, 0) is 11.2 Å². The number of oxazole rings is 1. The predicted molar refractivity (Wildman–Crippen MR) is 69.5 cm³/mol. The highest BCUT2D eigenvalue weighted by molar-refractivity contribution is 5.93. The lowest BCUT2D eigenvalue weighted by molar-refractivity contribution is -0.115. The summed E-state index contributed by atoms with van der Waals surface area (Å²) in [7, 11) is 0. The van der Waals surface area contributed by atoms with Crippen LogP contribution in [0.2, 0.25) is 0 Å². The molecule has 0 radical (unpaired) electrons. The first-order valence-electron chi connectivity index (χ1n) is 5.83. The molecule has 0 aliphatic heterocycles. The zero-order valence-corrected chi connectivity index (χ0v) is 10.8. The average molecular weight is 244 g/mol. The van der Waals surface area contributed by atoms with Gasteiger partial charge in [-0.3, -0.25) is 4.79 Å². The second-order valence-electron chi connectivity index (χ2n) is 4.35. The summed E-state index contributed by atoms with van der Waals surface area (Å²) in [5.41, 5.74) is 3.74. The van der Waals surface area contributed by atoms with Gasteiger partial charge in [-0.25, -0.2) is 4.98 Å². The van der Waals surface area contributed by atoms with Crippen molar-refractivity contribution in [2.75, 3.05) is 5.32 Å². The highest BCUT2D eigenvalue weighted by Gasteiger charge is 2.12. The maximum atomic E-state index is 11.9. The maximum Gasteiger partial charge on any atom is 0.232 e. The third kappa shape index (κ3) is 2.59. The molecule has 0 atom stereocenters. The Morgan fingerprint density at radius 3 is 2.50 bits per heavy atom. The summed E-state index contributed by atoms with van der Waals surface area (Å²) in [5, 5.41) is 2.92. The standard InChI is InChI=1S/C14H16N2O2/c1-9-5-4-6-10(2)14(9)16-13(17)7-12-11(3)15-8-18-12/h4-6,8H,7H2,1-3H3,(H,16,17). The molecule has 0 saturated carbocycles.